The fourth-order valence-corrected chi connectivity index (χ4v) is 2.55. The lowest BCUT2D eigenvalue weighted by molar-refractivity contribution is -0.131. The number of nitrogens with zero attached hydrogens (tertiary/aromatic N) is 4. The van der Waals surface area contributed by atoms with Crippen LogP contribution in [0.15, 0.2) is 42.6 Å². The number of carbonyl (C=O) groups excluding carboxylic acids is 1. The summed E-state index contributed by atoms with van der Waals surface area (Å²) in [6.45, 7) is 1.05. The predicted molar refractivity (Wildman–Crippen MR) is 89.9 cm³/mol. The maximum atomic E-state index is 12.3. The molecule has 1 fully saturated rings. The van der Waals surface area contributed by atoms with Crippen LogP contribution >= 0.6 is 0 Å². The summed E-state index contributed by atoms with van der Waals surface area (Å²) in [4.78, 5) is 18.0. The summed E-state index contributed by atoms with van der Waals surface area (Å²) in [5.41, 5.74) is 2.26. The van der Waals surface area contributed by atoms with Crippen LogP contribution in [0, 0.1) is 22.8 Å². The molecule has 124 valence electrons. The Morgan fingerprint density at radius 3 is 2.92 bits per heavy atom. The zero-order valence-electron chi connectivity index (χ0n) is 13.3. The first kappa shape index (κ1) is 16.4. The molecule has 1 amide bonds. The van der Waals surface area contributed by atoms with Crippen molar-refractivity contribution in [3.8, 4) is 23.4 Å². The maximum Gasteiger partial charge on any atom is 0.256 e. The molecule has 0 spiro atoms. The van der Waals surface area contributed by atoms with Crippen LogP contribution in [-0.2, 0) is 9.53 Å². The van der Waals surface area contributed by atoms with Gasteiger partial charge in [-0.2, -0.15) is 10.5 Å². The summed E-state index contributed by atoms with van der Waals surface area (Å²) in [6, 6.07) is 12.8. The van der Waals surface area contributed by atoms with Crippen molar-refractivity contribution in [3.63, 3.8) is 0 Å². The minimum atomic E-state index is -0.708. The molecule has 2 heterocycles. The Kier molecular flexibility index (Phi) is 4.89. The summed E-state index contributed by atoms with van der Waals surface area (Å²) in [7, 11) is 0. The standard InChI is InChI=1S/C18H15N5O2/c19-10-13-2-1-3-14(8-13)15-4-5-21-17(9-15)22-18(24)16-11-23(12-20)6-7-25-16/h1-5,8-9,16H,6-7,11H2,(H,21,22,24)/t16-/m0/s1. The van der Waals surface area contributed by atoms with Gasteiger partial charge in [0, 0.05) is 6.20 Å². The molecule has 1 atom stereocenters. The van der Waals surface area contributed by atoms with Gasteiger partial charge in [0.2, 0.25) is 0 Å². The first-order valence-corrected chi connectivity index (χ1v) is 7.73. The van der Waals surface area contributed by atoms with Gasteiger partial charge in [0.15, 0.2) is 12.3 Å². The molecule has 0 aliphatic carbocycles. The molecule has 0 radical (unpaired) electrons. The third-order valence-corrected chi connectivity index (χ3v) is 3.84. The van der Waals surface area contributed by atoms with Gasteiger partial charge in [-0.05, 0) is 35.4 Å². The molecule has 1 aliphatic heterocycles. The van der Waals surface area contributed by atoms with E-state index < -0.39 is 6.10 Å². The lowest BCUT2D eigenvalue weighted by Crippen LogP contribution is -2.46. The Balaban J connectivity index is 1.74. The van der Waals surface area contributed by atoms with E-state index in [2.05, 4.69) is 16.4 Å². The second-order valence-corrected chi connectivity index (χ2v) is 5.52. The Bertz CT molecular complexity index is 868. The van der Waals surface area contributed by atoms with E-state index in [1.54, 1.807) is 36.5 Å². The first-order valence-electron chi connectivity index (χ1n) is 7.73. The summed E-state index contributed by atoms with van der Waals surface area (Å²) in [5, 5.41) is 20.7. The van der Waals surface area contributed by atoms with Crippen LogP contribution in [0.4, 0.5) is 5.82 Å². The fraction of sp³-hybridized carbons (Fsp3) is 0.222. The number of aromatic nitrogens is 1. The van der Waals surface area contributed by atoms with Crippen LogP contribution in [-0.4, -0.2) is 41.6 Å². The highest BCUT2D eigenvalue weighted by molar-refractivity contribution is 5.94. The number of rotatable bonds is 3. The van der Waals surface area contributed by atoms with Crippen LogP contribution in [0.25, 0.3) is 11.1 Å². The Morgan fingerprint density at radius 1 is 1.28 bits per heavy atom. The Morgan fingerprint density at radius 2 is 2.12 bits per heavy atom. The van der Waals surface area contributed by atoms with Gasteiger partial charge in [-0.25, -0.2) is 4.98 Å². The van der Waals surface area contributed by atoms with E-state index in [0.717, 1.165) is 11.1 Å². The predicted octanol–water partition coefficient (Wildman–Crippen LogP) is 1.74. The summed E-state index contributed by atoms with van der Waals surface area (Å²) < 4.78 is 5.42. The van der Waals surface area contributed by atoms with Crippen LogP contribution in [0.5, 0.6) is 0 Å². The van der Waals surface area contributed by atoms with Crippen molar-refractivity contribution in [3.05, 3.63) is 48.2 Å². The van der Waals surface area contributed by atoms with Gasteiger partial charge >= 0.3 is 0 Å². The molecule has 25 heavy (non-hydrogen) atoms. The van der Waals surface area contributed by atoms with Gasteiger partial charge in [-0.1, -0.05) is 12.1 Å². The van der Waals surface area contributed by atoms with E-state index in [1.165, 1.54) is 4.90 Å². The zero-order valence-corrected chi connectivity index (χ0v) is 13.3. The fourth-order valence-electron chi connectivity index (χ4n) is 2.55. The number of nitrogens with one attached hydrogen (secondary N) is 1. The molecule has 0 bridgehead atoms. The molecule has 3 rings (SSSR count). The lowest BCUT2D eigenvalue weighted by Gasteiger charge is -2.28. The van der Waals surface area contributed by atoms with E-state index in [0.29, 0.717) is 24.5 Å². The molecule has 1 aromatic heterocycles. The quantitative estimate of drug-likeness (QED) is 0.858. The van der Waals surface area contributed by atoms with Crippen LogP contribution in [0.3, 0.4) is 0 Å². The molecule has 7 heteroatoms. The summed E-state index contributed by atoms with van der Waals surface area (Å²) >= 11 is 0. The van der Waals surface area contributed by atoms with Gasteiger partial charge in [0.1, 0.15) is 5.82 Å². The highest BCUT2D eigenvalue weighted by Crippen LogP contribution is 2.22. The zero-order chi connectivity index (χ0) is 17.6. The number of ether oxygens (including phenoxy) is 1. The average molecular weight is 333 g/mol. The Hall–Kier alpha value is -3.42. The van der Waals surface area contributed by atoms with E-state index in [9.17, 15) is 4.79 Å². The second-order valence-electron chi connectivity index (χ2n) is 5.52. The molecular formula is C18H15N5O2. The molecule has 1 aromatic carbocycles. The van der Waals surface area contributed by atoms with E-state index >= 15 is 0 Å². The third kappa shape index (κ3) is 3.92. The Labute approximate surface area is 145 Å². The first-order chi connectivity index (χ1) is 12.2. The van der Waals surface area contributed by atoms with Gasteiger partial charge in [-0.15, -0.1) is 0 Å². The number of carbonyl (C=O) groups is 1. The van der Waals surface area contributed by atoms with Crippen LogP contribution < -0.4 is 5.32 Å². The summed E-state index contributed by atoms with van der Waals surface area (Å²) in [5.74, 6) is 0.0536. The number of benzene rings is 1. The average Bonchev–Trinajstić information content (AvgIpc) is 2.68. The van der Waals surface area contributed by atoms with E-state index in [1.807, 2.05) is 12.3 Å². The second kappa shape index (κ2) is 7.43. The van der Waals surface area contributed by atoms with Gasteiger partial charge in [0.05, 0.1) is 31.3 Å². The van der Waals surface area contributed by atoms with Crippen molar-refractivity contribution in [2.24, 2.45) is 0 Å². The number of pyridine rings is 1. The molecule has 1 saturated heterocycles. The van der Waals surface area contributed by atoms with Crippen molar-refractivity contribution in [2.45, 2.75) is 6.10 Å². The number of hydrogen-bond acceptors (Lipinski definition) is 6. The monoisotopic (exact) mass is 333 g/mol. The minimum Gasteiger partial charge on any atom is -0.365 e. The van der Waals surface area contributed by atoms with Crippen molar-refractivity contribution in [2.75, 3.05) is 25.0 Å². The number of morpholine rings is 1. The van der Waals surface area contributed by atoms with Gasteiger partial charge in [-0.3, -0.25) is 4.79 Å². The van der Waals surface area contributed by atoms with Crippen LogP contribution in [0.1, 0.15) is 5.56 Å². The van der Waals surface area contributed by atoms with E-state index in [-0.39, 0.29) is 12.5 Å². The van der Waals surface area contributed by atoms with Gasteiger partial charge in [0.25, 0.3) is 5.91 Å². The smallest absolute Gasteiger partial charge is 0.256 e. The molecule has 1 N–H and O–H groups in total. The highest BCUT2D eigenvalue weighted by atomic mass is 16.5. The maximum absolute atomic E-state index is 12.3. The van der Waals surface area contributed by atoms with E-state index in [4.69, 9.17) is 15.3 Å². The highest BCUT2D eigenvalue weighted by Gasteiger charge is 2.26. The lowest BCUT2D eigenvalue weighted by atomic mass is 10.0. The van der Waals surface area contributed by atoms with Gasteiger partial charge < -0.3 is 15.0 Å². The SMILES string of the molecule is N#Cc1cccc(-c2ccnc(NC(=O)[C@@H]3CN(C#N)CCO3)c2)c1. The number of nitriles is 2. The van der Waals surface area contributed by atoms with Crippen molar-refractivity contribution >= 4 is 11.7 Å². The molecule has 7 nitrogen and oxygen atoms in total. The minimum absolute atomic E-state index is 0.228. The molecule has 2 aromatic rings. The van der Waals surface area contributed by atoms with Crippen molar-refractivity contribution in [1.29, 1.82) is 10.5 Å². The number of amides is 1. The van der Waals surface area contributed by atoms with Crippen molar-refractivity contribution in [1.82, 2.24) is 9.88 Å². The van der Waals surface area contributed by atoms with Crippen molar-refractivity contribution < 1.29 is 9.53 Å². The van der Waals surface area contributed by atoms with Crippen LogP contribution in [0.2, 0.25) is 0 Å². The topological polar surface area (TPSA) is 102 Å². The normalized spacial score (nSPS) is 16.6. The largest absolute Gasteiger partial charge is 0.365 e. The number of anilines is 1. The molecular weight excluding hydrogens is 318 g/mol. The number of hydrogen-bond donors (Lipinski definition) is 1. The molecule has 1 aliphatic rings. The summed E-state index contributed by atoms with van der Waals surface area (Å²) in [6.07, 6.45) is 2.91. The third-order valence-electron chi connectivity index (χ3n) is 3.84. The molecule has 0 saturated carbocycles. The molecule has 0 unspecified atom stereocenters.